The van der Waals surface area contributed by atoms with E-state index in [-0.39, 0.29) is 16.8 Å². The van der Waals surface area contributed by atoms with Gasteiger partial charge in [-0.25, -0.2) is 4.39 Å². The molecule has 0 radical (unpaired) electrons. The Bertz CT molecular complexity index is 421. The molecule has 108 valence electrons. The van der Waals surface area contributed by atoms with Crippen molar-refractivity contribution in [3.8, 4) is 5.75 Å². The van der Waals surface area contributed by atoms with Crippen molar-refractivity contribution in [3.63, 3.8) is 0 Å². The summed E-state index contributed by atoms with van der Waals surface area (Å²) in [7, 11) is 1.55. The summed E-state index contributed by atoms with van der Waals surface area (Å²) in [6.07, 6.45) is 0.882. The van der Waals surface area contributed by atoms with E-state index in [0.717, 1.165) is 18.5 Å². The van der Waals surface area contributed by atoms with Crippen LogP contribution in [0, 0.1) is 5.82 Å². The molecule has 0 spiro atoms. The number of hydrogen-bond donors (Lipinski definition) is 1. The second-order valence-corrected chi connectivity index (χ2v) is 6.66. The number of methoxy groups -OCH3 is 1. The van der Waals surface area contributed by atoms with Gasteiger partial charge in [0.05, 0.1) is 7.11 Å². The van der Waals surface area contributed by atoms with Crippen LogP contribution in [0.5, 0.6) is 5.75 Å². The van der Waals surface area contributed by atoms with Crippen LogP contribution in [0.15, 0.2) is 18.2 Å². The molecule has 0 atom stereocenters. The Morgan fingerprint density at radius 2 is 1.79 bits per heavy atom. The summed E-state index contributed by atoms with van der Waals surface area (Å²) in [5.74, 6) is 0.366. The average Bonchev–Trinajstić information content (AvgIpc) is 2.26. The molecule has 1 aromatic rings. The predicted octanol–water partition coefficient (Wildman–Crippen LogP) is 3.89. The first-order chi connectivity index (χ1) is 8.65. The van der Waals surface area contributed by atoms with E-state index in [1.165, 1.54) is 6.07 Å². The number of nitrogens with one attached hydrogen (secondary N) is 1. The zero-order chi connectivity index (χ0) is 14.7. The second kappa shape index (κ2) is 5.91. The van der Waals surface area contributed by atoms with E-state index in [4.69, 9.17) is 4.74 Å². The van der Waals surface area contributed by atoms with E-state index in [1.807, 2.05) is 12.1 Å². The molecule has 1 rings (SSSR count). The summed E-state index contributed by atoms with van der Waals surface area (Å²) in [6.45, 7) is 11.4. The number of rotatable bonds is 5. The van der Waals surface area contributed by atoms with Gasteiger partial charge in [0.15, 0.2) is 0 Å². The van der Waals surface area contributed by atoms with Gasteiger partial charge in [0.1, 0.15) is 11.6 Å². The fourth-order valence-corrected chi connectivity index (χ4v) is 2.06. The molecule has 0 fully saturated rings. The monoisotopic (exact) mass is 267 g/mol. The van der Waals surface area contributed by atoms with E-state index < -0.39 is 0 Å². The molecule has 0 saturated carbocycles. The molecule has 2 nitrogen and oxygen atoms in total. The molecule has 0 aromatic heterocycles. The molecule has 3 heteroatoms. The van der Waals surface area contributed by atoms with Crippen LogP contribution in [-0.4, -0.2) is 19.2 Å². The van der Waals surface area contributed by atoms with Crippen LogP contribution in [0.3, 0.4) is 0 Å². The summed E-state index contributed by atoms with van der Waals surface area (Å²) in [4.78, 5) is 0. The van der Waals surface area contributed by atoms with Crippen molar-refractivity contribution >= 4 is 0 Å². The van der Waals surface area contributed by atoms with E-state index in [0.29, 0.717) is 5.75 Å². The van der Waals surface area contributed by atoms with Gasteiger partial charge in [0, 0.05) is 11.6 Å². The van der Waals surface area contributed by atoms with Crippen molar-refractivity contribution in [1.29, 1.82) is 0 Å². The van der Waals surface area contributed by atoms with Crippen molar-refractivity contribution in [2.45, 2.75) is 52.0 Å². The first-order valence-corrected chi connectivity index (χ1v) is 6.75. The summed E-state index contributed by atoms with van der Waals surface area (Å²) in [5.41, 5.74) is 0.632. The van der Waals surface area contributed by atoms with Gasteiger partial charge >= 0.3 is 0 Å². The van der Waals surface area contributed by atoms with Crippen LogP contribution >= 0.6 is 0 Å². The minimum atomic E-state index is -0.200. The van der Waals surface area contributed by atoms with Crippen LogP contribution in [-0.2, 0) is 5.41 Å². The van der Waals surface area contributed by atoms with Crippen molar-refractivity contribution < 1.29 is 9.13 Å². The molecule has 1 aromatic carbocycles. The van der Waals surface area contributed by atoms with Crippen LogP contribution in [0.25, 0.3) is 0 Å². The van der Waals surface area contributed by atoms with Crippen molar-refractivity contribution in [2.24, 2.45) is 0 Å². The Morgan fingerprint density at radius 1 is 1.16 bits per heavy atom. The molecule has 19 heavy (non-hydrogen) atoms. The van der Waals surface area contributed by atoms with E-state index in [1.54, 1.807) is 7.11 Å². The van der Waals surface area contributed by atoms with Gasteiger partial charge < -0.3 is 10.1 Å². The number of halogens is 1. The largest absolute Gasteiger partial charge is 0.497 e. The number of ether oxygens (including phenoxy) is 1. The highest BCUT2D eigenvalue weighted by Gasteiger charge is 2.24. The van der Waals surface area contributed by atoms with Gasteiger partial charge in [-0.15, -0.1) is 0 Å². The minimum absolute atomic E-state index is 0.0918. The normalized spacial score (nSPS) is 12.6. The highest BCUT2D eigenvalue weighted by atomic mass is 19.1. The maximum atomic E-state index is 14.1. The maximum absolute atomic E-state index is 14.1. The highest BCUT2D eigenvalue weighted by Crippen LogP contribution is 2.31. The molecule has 0 unspecified atom stereocenters. The van der Waals surface area contributed by atoms with Gasteiger partial charge in [-0.1, -0.05) is 19.9 Å². The molecule has 0 aliphatic rings. The third-order valence-electron chi connectivity index (χ3n) is 3.31. The Morgan fingerprint density at radius 3 is 2.26 bits per heavy atom. The van der Waals surface area contributed by atoms with Gasteiger partial charge in [-0.05, 0) is 50.8 Å². The Kier molecular flexibility index (Phi) is 4.97. The van der Waals surface area contributed by atoms with Crippen LogP contribution in [0.4, 0.5) is 4.39 Å². The quantitative estimate of drug-likeness (QED) is 0.874. The zero-order valence-corrected chi connectivity index (χ0v) is 12.9. The average molecular weight is 267 g/mol. The molecule has 0 saturated heterocycles. The topological polar surface area (TPSA) is 21.3 Å². The van der Waals surface area contributed by atoms with Crippen molar-refractivity contribution in [1.82, 2.24) is 5.32 Å². The SMILES string of the molecule is COc1ccc(C(C)(C)CCNC(C)(C)C)c(F)c1. The Hall–Kier alpha value is -1.09. The molecule has 0 aliphatic carbocycles. The van der Waals surface area contributed by atoms with Crippen LogP contribution in [0.1, 0.15) is 46.6 Å². The summed E-state index contributed by atoms with van der Waals surface area (Å²) >= 11 is 0. The van der Waals surface area contributed by atoms with Gasteiger partial charge in [-0.2, -0.15) is 0 Å². The lowest BCUT2D eigenvalue weighted by Gasteiger charge is -2.29. The number of benzene rings is 1. The first kappa shape index (κ1) is 16.0. The lowest BCUT2D eigenvalue weighted by Crippen LogP contribution is -2.38. The number of hydrogen-bond acceptors (Lipinski definition) is 2. The molecule has 0 bridgehead atoms. The summed E-state index contributed by atoms with van der Waals surface area (Å²) in [5, 5.41) is 3.44. The fourth-order valence-electron chi connectivity index (χ4n) is 2.06. The smallest absolute Gasteiger partial charge is 0.130 e. The van der Waals surface area contributed by atoms with E-state index in [2.05, 4.69) is 39.9 Å². The molecular weight excluding hydrogens is 241 g/mol. The summed E-state index contributed by atoms with van der Waals surface area (Å²) < 4.78 is 19.1. The van der Waals surface area contributed by atoms with Gasteiger partial charge in [-0.3, -0.25) is 0 Å². The minimum Gasteiger partial charge on any atom is -0.497 e. The Balaban J connectivity index is 2.76. The molecule has 0 aliphatic heterocycles. The van der Waals surface area contributed by atoms with E-state index >= 15 is 0 Å². The van der Waals surface area contributed by atoms with Crippen LogP contribution < -0.4 is 10.1 Å². The standard InChI is InChI=1S/C16H26FNO/c1-15(2,3)18-10-9-16(4,5)13-8-7-12(19-6)11-14(13)17/h7-8,11,18H,9-10H2,1-6H3. The van der Waals surface area contributed by atoms with E-state index in [9.17, 15) is 4.39 Å². The summed E-state index contributed by atoms with van der Waals surface area (Å²) in [6, 6.07) is 5.09. The van der Waals surface area contributed by atoms with Crippen molar-refractivity contribution in [2.75, 3.05) is 13.7 Å². The Labute approximate surface area is 116 Å². The highest BCUT2D eigenvalue weighted by molar-refractivity contribution is 5.33. The second-order valence-electron chi connectivity index (χ2n) is 6.66. The fraction of sp³-hybridized carbons (Fsp3) is 0.625. The third kappa shape index (κ3) is 4.83. The lowest BCUT2D eigenvalue weighted by atomic mass is 9.81. The molecule has 0 heterocycles. The zero-order valence-electron chi connectivity index (χ0n) is 12.9. The first-order valence-electron chi connectivity index (χ1n) is 6.75. The molecule has 0 amide bonds. The molecule has 1 N–H and O–H groups in total. The lowest BCUT2D eigenvalue weighted by molar-refractivity contribution is 0.370. The molecular formula is C16H26FNO. The maximum Gasteiger partial charge on any atom is 0.130 e. The van der Waals surface area contributed by atoms with Crippen molar-refractivity contribution in [3.05, 3.63) is 29.6 Å². The van der Waals surface area contributed by atoms with Gasteiger partial charge in [0.25, 0.3) is 0 Å². The third-order valence-corrected chi connectivity index (χ3v) is 3.31. The van der Waals surface area contributed by atoms with Crippen LogP contribution in [0.2, 0.25) is 0 Å². The van der Waals surface area contributed by atoms with Gasteiger partial charge in [0.2, 0.25) is 0 Å². The predicted molar refractivity (Wildman–Crippen MR) is 78.4 cm³/mol.